The van der Waals surface area contributed by atoms with Gasteiger partial charge in [-0.1, -0.05) is 13.8 Å². The Hall–Kier alpha value is -2.72. The fraction of sp³-hybridized carbons (Fsp3) is 0.300. The van der Waals surface area contributed by atoms with Gasteiger partial charge >= 0.3 is 0 Å². The smallest absolute Gasteiger partial charge is 0.252 e. The Bertz CT molecular complexity index is 1310. The molecule has 0 aliphatic rings. The van der Waals surface area contributed by atoms with Crippen molar-refractivity contribution in [2.45, 2.75) is 36.6 Å². The number of carbonyl (C=O) groups excluding carboxylic acids is 1. The number of pyridine rings is 2. The molecule has 0 saturated heterocycles. The standard InChI is InChI=1S/C20H23N3O5S2/c1-3-11-29(25,26)18-17(19(21)24)16-13-15(14-5-8-22-9-6-14)7-10-23(16)20(18)30(27,28)12-4-2/h5-10,13H,3-4,11-12H2,1-2H3,(H2,21,24). The van der Waals surface area contributed by atoms with Gasteiger partial charge in [0.15, 0.2) is 24.7 Å². The van der Waals surface area contributed by atoms with Crippen molar-refractivity contribution in [1.82, 2.24) is 9.38 Å². The Labute approximate surface area is 175 Å². The molecule has 8 nitrogen and oxygen atoms in total. The fourth-order valence-electron chi connectivity index (χ4n) is 3.48. The normalized spacial score (nSPS) is 12.3. The molecule has 0 aliphatic heterocycles. The maximum atomic E-state index is 13.1. The minimum atomic E-state index is -4.07. The van der Waals surface area contributed by atoms with Crippen molar-refractivity contribution in [3.63, 3.8) is 0 Å². The van der Waals surface area contributed by atoms with Crippen LogP contribution in [0.4, 0.5) is 0 Å². The van der Waals surface area contributed by atoms with Crippen molar-refractivity contribution in [3.8, 4) is 11.1 Å². The number of aromatic nitrogens is 2. The molecule has 3 heterocycles. The zero-order valence-corrected chi connectivity index (χ0v) is 18.3. The fourth-order valence-corrected chi connectivity index (χ4v) is 7.44. The van der Waals surface area contributed by atoms with Crippen LogP contribution in [0.5, 0.6) is 0 Å². The molecular formula is C20H23N3O5S2. The Morgan fingerprint density at radius 3 is 2.13 bits per heavy atom. The third-order valence-corrected chi connectivity index (χ3v) is 8.69. The third-order valence-electron chi connectivity index (χ3n) is 4.66. The lowest BCUT2D eigenvalue weighted by Gasteiger charge is -2.09. The van der Waals surface area contributed by atoms with Gasteiger partial charge in [0.25, 0.3) is 5.91 Å². The number of nitrogens with two attached hydrogens (primary N) is 1. The highest BCUT2D eigenvalue weighted by molar-refractivity contribution is 7.94. The minimum Gasteiger partial charge on any atom is -0.365 e. The van der Waals surface area contributed by atoms with Gasteiger partial charge in [-0.05, 0) is 48.2 Å². The number of hydrogen-bond acceptors (Lipinski definition) is 6. The lowest BCUT2D eigenvalue weighted by molar-refractivity contribution is 0.0999. The molecule has 0 aliphatic carbocycles. The Balaban J connectivity index is 2.50. The van der Waals surface area contributed by atoms with E-state index >= 15 is 0 Å². The zero-order valence-electron chi connectivity index (χ0n) is 16.7. The number of nitrogens with zero attached hydrogens (tertiary/aromatic N) is 2. The molecule has 0 atom stereocenters. The van der Waals surface area contributed by atoms with E-state index in [2.05, 4.69) is 4.98 Å². The molecule has 30 heavy (non-hydrogen) atoms. The summed E-state index contributed by atoms with van der Waals surface area (Å²) in [6.07, 6.45) is 5.22. The quantitative estimate of drug-likeness (QED) is 0.562. The van der Waals surface area contributed by atoms with Gasteiger partial charge in [-0.2, -0.15) is 0 Å². The highest BCUT2D eigenvalue weighted by atomic mass is 32.2. The molecule has 10 heteroatoms. The number of amides is 1. The van der Waals surface area contributed by atoms with Crippen LogP contribution >= 0.6 is 0 Å². The van der Waals surface area contributed by atoms with Crippen molar-refractivity contribution in [1.29, 1.82) is 0 Å². The van der Waals surface area contributed by atoms with Gasteiger partial charge in [0.1, 0.15) is 4.90 Å². The molecule has 1 amide bonds. The SMILES string of the molecule is CCCS(=O)(=O)c1c(C(N)=O)c2cc(-c3ccncc3)ccn2c1S(=O)(=O)CCC. The first kappa shape index (κ1) is 22.0. The van der Waals surface area contributed by atoms with Crippen LogP contribution in [0.2, 0.25) is 0 Å². The molecule has 0 spiro atoms. The van der Waals surface area contributed by atoms with Gasteiger partial charge in [-0.3, -0.25) is 9.78 Å². The van der Waals surface area contributed by atoms with Crippen molar-refractivity contribution < 1.29 is 21.6 Å². The summed E-state index contributed by atoms with van der Waals surface area (Å²) in [6.45, 7) is 3.35. The van der Waals surface area contributed by atoms with Gasteiger partial charge in [-0.25, -0.2) is 16.8 Å². The van der Waals surface area contributed by atoms with E-state index in [1.807, 2.05) is 0 Å². The Morgan fingerprint density at radius 2 is 1.57 bits per heavy atom. The van der Waals surface area contributed by atoms with E-state index in [4.69, 9.17) is 5.73 Å². The first-order valence-corrected chi connectivity index (χ1v) is 12.8. The molecule has 0 fully saturated rings. The maximum Gasteiger partial charge on any atom is 0.252 e. The number of hydrogen-bond donors (Lipinski definition) is 1. The highest BCUT2D eigenvalue weighted by Crippen LogP contribution is 2.35. The lowest BCUT2D eigenvalue weighted by Crippen LogP contribution is -2.19. The van der Waals surface area contributed by atoms with Crippen LogP contribution in [-0.4, -0.2) is 43.6 Å². The molecule has 160 valence electrons. The molecule has 3 rings (SSSR count). The van der Waals surface area contributed by atoms with Crippen LogP contribution in [0.3, 0.4) is 0 Å². The zero-order chi connectivity index (χ0) is 22.1. The molecular weight excluding hydrogens is 426 g/mol. The van der Waals surface area contributed by atoms with Crippen LogP contribution < -0.4 is 5.73 Å². The summed E-state index contributed by atoms with van der Waals surface area (Å²) in [7, 11) is -8.06. The number of fused-ring (bicyclic) bond motifs is 1. The van der Waals surface area contributed by atoms with E-state index in [1.54, 1.807) is 50.5 Å². The minimum absolute atomic E-state index is 0.140. The van der Waals surface area contributed by atoms with Gasteiger partial charge in [0.05, 0.1) is 22.6 Å². The molecule has 0 saturated carbocycles. The van der Waals surface area contributed by atoms with Crippen molar-refractivity contribution in [2.24, 2.45) is 5.73 Å². The summed E-state index contributed by atoms with van der Waals surface area (Å²) in [5, 5.41) is -0.400. The monoisotopic (exact) mass is 449 g/mol. The second-order valence-electron chi connectivity index (χ2n) is 6.92. The van der Waals surface area contributed by atoms with E-state index in [1.165, 1.54) is 10.6 Å². The highest BCUT2D eigenvalue weighted by Gasteiger charge is 2.36. The van der Waals surface area contributed by atoms with E-state index in [0.29, 0.717) is 12.0 Å². The number of sulfone groups is 2. The maximum absolute atomic E-state index is 13.1. The molecule has 2 N–H and O–H groups in total. The number of primary amides is 1. The summed E-state index contributed by atoms with van der Waals surface area (Å²) in [6, 6.07) is 6.74. The second kappa shape index (κ2) is 8.19. The van der Waals surface area contributed by atoms with Crippen molar-refractivity contribution in [2.75, 3.05) is 11.5 Å². The van der Waals surface area contributed by atoms with Gasteiger partial charge in [0.2, 0.25) is 0 Å². The first-order chi connectivity index (χ1) is 14.1. The van der Waals surface area contributed by atoms with Crippen LogP contribution in [0.15, 0.2) is 52.8 Å². The predicted octanol–water partition coefficient (Wildman–Crippen LogP) is 2.47. The average molecular weight is 450 g/mol. The summed E-state index contributed by atoms with van der Waals surface area (Å²) < 4.78 is 53.5. The largest absolute Gasteiger partial charge is 0.365 e. The molecule has 0 aromatic carbocycles. The lowest BCUT2D eigenvalue weighted by atomic mass is 10.1. The van der Waals surface area contributed by atoms with Crippen molar-refractivity contribution in [3.05, 3.63) is 48.4 Å². The summed E-state index contributed by atoms with van der Waals surface area (Å²) >= 11 is 0. The van der Waals surface area contributed by atoms with Crippen LogP contribution in [-0.2, 0) is 19.7 Å². The van der Waals surface area contributed by atoms with E-state index in [9.17, 15) is 21.6 Å². The predicted molar refractivity (Wildman–Crippen MR) is 114 cm³/mol. The van der Waals surface area contributed by atoms with Gasteiger partial charge in [0, 0.05) is 18.6 Å². The molecule has 0 bridgehead atoms. The molecule has 3 aromatic heterocycles. The van der Waals surface area contributed by atoms with Crippen molar-refractivity contribution >= 4 is 31.1 Å². The van der Waals surface area contributed by atoms with E-state index in [-0.39, 0.29) is 29.0 Å². The summed E-state index contributed by atoms with van der Waals surface area (Å²) in [4.78, 5) is 15.8. The molecule has 0 unspecified atom stereocenters. The molecule has 0 radical (unpaired) electrons. The summed E-state index contributed by atoms with van der Waals surface area (Å²) in [5.41, 5.74) is 6.86. The molecule has 3 aromatic rings. The summed E-state index contributed by atoms with van der Waals surface area (Å²) in [5.74, 6) is -1.54. The topological polar surface area (TPSA) is 129 Å². The second-order valence-corrected chi connectivity index (χ2v) is 11.0. The van der Waals surface area contributed by atoms with Crippen LogP contribution in [0, 0.1) is 0 Å². The van der Waals surface area contributed by atoms with Gasteiger partial charge in [-0.15, -0.1) is 0 Å². The first-order valence-electron chi connectivity index (χ1n) is 9.47. The Kier molecular flexibility index (Phi) is 6.00. The number of carbonyl (C=O) groups is 1. The number of rotatable bonds is 8. The third kappa shape index (κ3) is 3.84. The van der Waals surface area contributed by atoms with Crippen LogP contribution in [0.1, 0.15) is 37.0 Å². The van der Waals surface area contributed by atoms with Gasteiger partial charge < -0.3 is 10.1 Å². The Morgan fingerprint density at radius 1 is 0.967 bits per heavy atom. The van der Waals surface area contributed by atoms with Crippen LogP contribution in [0.25, 0.3) is 16.6 Å². The van der Waals surface area contributed by atoms with E-state index in [0.717, 1.165) is 5.56 Å². The average Bonchev–Trinajstić information content (AvgIpc) is 3.05. The van der Waals surface area contributed by atoms with E-state index < -0.39 is 35.5 Å².